The molecular formula is C23H19N3O5S2. The Morgan fingerprint density at radius 2 is 1.27 bits per heavy atom. The first kappa shape index (κ1) is 22.3. The van der Waals surface area contributed by atoms with Gasteiger partial charge in [0.25, 0.3) is 20.0 Å². The number of urea groups is 1. The molecule has 4 aromatic carbocycles. The lowest BCUT2D eigenvalue weighted by Crippen LogP contribution is -2.34. The monoisotopic (exact) mass is 481 g/mol. The van der Waals surface area contributed by atoms with Gasteiger partial charge in [-0.05, 0) is 41.8 Å². The standard InChI is InChI=1S/C23H19N3O5S2/c27-23(24-18-10-2-1-3-11-18)26-32(28,29)20-13-7-12-19(16-20)25-33(30,31)22-15-6-9-17-8-4-5-14-21(17)22/h1-16,25H,(H2,24,26,27). The summed E-state index contributed by atoms with van der Waals surface area (Å²) in [5.41, 5.74) is 0.455. The average Bonchev–Trinajstić information content (AvgIpc) is 2.79. The van der Waals surface area contributed by atoms with Gasteiger partial charge in [0, 0.05) is 11.1 Å². The fourth-order valence-corrected chi connectivity index (χ4v) is 5.46. The molecule has 0 saturated heterocycles. The van der Waals surface area contributed by atoms with Gasteiger partial charge in [0.15, 0.2) is 0 Å². The van der Waals surface area contributed by atoms with Gasteiger partial charge in [0.1, 0.15) is 0 Å². The van der Waals surface area contributed by atoms with Crippen molar-refractivity contribution in [3.05, 3.63) is 97.1 Å². The molecule has 0 saturated carbocycles. The number of anilines is 2. The van der Waals surface area contributed by atoms with Crippen molar-refractivity contribution in [3.63, 3.8) is 0 Å². The van der Waals surface area contributed by atoms with E-state index in [1.807, 2.05) is 4.72 Å². The van der Waals surface area contributed by atoms with E-state index in [0.29, 0.717) is 11.1 Å². The molecular weight excluding hydrogens is 462 g/mol. The molecule has 0 aliphatic rings. The average molecular weight is 482 g/mol. The van der Waals surface area contributed by atoms with Gasteiger partial charge >= 0.3 is 6.03 Å². The minimum atomic E-state index is -4.25. The third kappa shape index (κ3) is 5.13. The molecule has 168 valence electrons. The molecule has 0 spiro atoms. The molecule has 4 rings (SSSR count). The van der Waals surface area contributed by atoms with Gasteiger partial charge in [-0.15, -0.1) is 0 Å². The van der Waals surface area contributed by atoms with Gasteiger partial charge in [-0.1, -0.05) is 60.7 Å². The lowest BCUT2D eigenvalue weighted by molar-refractivity contribution is 0.256. The second-order valence-corrected chi connectivity index (χ2v) is 10.4. The van der Waals surface area contributed by atoms with Gasteiger partial charge in [-0.25, -0.2) is 26.4 Å². The molecule has 10 heteroatoms. The molecule has 0 heterocycles. The fraction of sp³-hybridized carbons (Fsp3) is 0. The van der Waals surface area contributed by atoms with Crippen LogP contribution in [0.2, 0.25) is 0 Å². The predicted octanol–water partition coefficient (Wildman–Crippen LogP) is 4.15. The third-order valence-corrected chi connectivity index (χ3v) is 7.46. The van der Waals surface area contributed by atoms with Crippen molar-refractivity contribution < 1.29 is 21.6 Å². The van der Waals surface area contributed by atoms with Crippen LogP contribution >= 0.6 is 0 Å². The fourth-order valence-electron chi connectivity index (χ4n) is 3.23. The van der Waals surface area contributed by atoms with Gasteiger partial charge in [-0.3, -0.25) is 4.72 Å². The van der Waals surface area contributed by atoms with E-state index in [-0.39, 0.29) is 15.5 Å². The number of hydrogen-bond acceptors (Lipinski definition) is 5. The van der Waals surface area contributed by atoms with Crippen LogP contribution in [0.3, 0.4) is 0 Å². The van der Waals surface area contributed by atoms with Crippen LogP contribution in [0.25, 0.3) is 10.8 Å². The van der Waals surface area contributed by atoms with E-state index in [1.54, 1.807) is 66.7 Å². The van der Waals surface area contributed by atoms with Crippen molar-refractivity contribution in [2.45, 2.75) is 9.79 Å². The summed E-state index contributed by atoms with van der Waals surface area (Å²) in [6.07, 6.45) is 0. The topological polar surface area (TPSA) is 121 Å². The maximum atomic E-state index is 13.0. The normalized spacial score (nSPS) is 11.6. The summed E-state index contributed by atoms with van der Waals surface area (Å²) in [6, 6.07) is 24.5. The maximum Gasteiger partial charge on any atom is 0.333 e. The lowest BCUT2D eigenvalue weighted by Gasteiger charge is -2.12. The number of carbonyl (C=O) groups is 1. The van der Waals surface area contributed by atoms with Gasteiger partial charge in [0.2, 0.25) is 0 Å². The van der Waals surface area contributed by atoms with Crippen LogP contribution in [0.15, 0.2) is 107 Å². The molecule has 0 aliphatic carbocycles. The number of benzene rings is 4. The van der Waals surface area contributed by atoms with Crippen LogP contribution < -0.4 is 14.8 Å². The van der Waals surface area contributed by atoms with Crippen LogP contribution in [-0.4, -0.2) is 22.9 Å². The zero-order valence-electron chi connectivity index (χ0n) is 17.1. The van der Waals surface area contributed by atoms with E-state index in [9.17, 15) is 21.6 Å². The summed E-state index contributed by atoms with van der Waals surface area (Å²) >= 11 is 0. The number of hydrogen-bond donors (Lipinski definition) is 3. The molecule has 0 aliphatic heterocycles. The van der Waals surface area contributed by atoms with Gasteiger partial charge < -0.3 is 5.32 Å². The number of rotatable bonds is 6. The van der Waals surface area contributed by atoms with Crippen molar-refractivity contribution >= 4 is 48.2 Å². The highest BCUT2D eigenvalue weighted by Gasteiger charge is 2.21. The number of amides is 2. The smallest absolute Gasteiger partial charge is 0.307 e. The summed E-state index contributed by atoms with van der Waals surface area (Å²) in [6.45, 7) is 0. The summed E-state index contributed by atoms with van der Waals surface area (Å²) < 4.78 is 55.7. The Balaban J connectivity index is 1.56. The Morgan fingerprint density at radius 1 is 0.636 bits per heavy atom. The quantitative estimate of drug-likeness (QED) is 0.382. The predicted molar refractivity (Wildman–Crippen MR) is 127 cm³/mol. The number of sulfonamides is 2. The molecule has 33 heavy (non-hydrogen) atoms. The van der Waals surface area contributed by atoms with Crippen molar-refractivity contribution in [1.82, 2.24) is 4.72 Å². The van der Waals surface area contributed by atoms with E-state index in [1.165, 1.54) is 24.3 Å². The highest BCUT2D eigenvalue weighted by atomic mass is 32.2. The van der Waals surface area contributed by atoms with E-state index in [4.69, 9.17) is 0 Å². The highest BCUT2D eigenvalue weighted by Crippen LogP contribution is 2.25. The summed E-state index contributed by atoms with van der Waals surface area (Å²) in [4.78, 5) is 11.9. The van der Waals surface area contributed by atoms with Crippen LogP contribution in [0, 0.1) is 0 Å². The first-order valence-corrected chi connectivity index (χ1v) is 12.7. The molecule has 0 atom stereocenters. The minimum Gasteiger partial charge on any atom is -0.307 e. The first-order chi connectivity index (χ1) is 15.7. The van der Waals surface area contributed by atoms with Gasteiger partial charge in [0.05, 0.1) is 15.5 Å². The minimum absolute atomic E-state index is 0.0364. The van der Waals surface area contributed by atoms with Crippen molar-refractivity contribution in [1.29, 1.82) is 0 Å². The van der Waals surface area contributed by atoms with Gasteiger partial charge in [-0.2, -0.15) is 0 Å². The summed E-state index contributed by atoms with van der Waals surface area (Å²) in [5, 5.41) is 3.71. The molecule has 0 fully saturated rings. The molecule has 0 unspecified atom stereocenters. The largest absolute Gasteiger partial charge is 0.333 e. The Labute approximate surface area is 191 Å². The Kier molecular flexibility index (Phi) is 6.03. The van der Waals surface area contributed by atoms with Crippen LogP contribution in [0.5, 0.6) is 0 Å². The van der Waals surface area contributed by atoms with E-state index < -0.39 is 26.1 Å². The number of fused-ring (bicyclic) bond motifs is 1. The van der Waals surface area contributed by atoms with Crippen molar-refractivity contribution in [2.75, 3.05) is 10.0 Å². The van der Waals surface area contributed by atoms with Crippen molar-refractivity contribution in [3.8, 4) is 0 Å². The van der Waals surface area contributed by atoms with E-state index in [2.05, 4.69) is 10.0 Å². The number of nitrogens with one attached hydrogen (secondary N) is 3. The zero-order valence-corrected chi connectivity index (χ0v) is 18.7. The lowest BCUT2D eigenvalue weighted by atomic mass is 10.1. The SMILES string of the molecule is O=C(Nc1ccccc1)NS(=O)(=O)c1cccc(NS(=O)(=O)c2cccc3ccccc23)c1. The molecule has 0 bridgehead atoms. The molecule has 0 aromatic heterocycles. The first-order valence-electron chi connectivity index (χ1n) is 9.74. The Hall–Kier alpha value is -3.89. The Morgan fingerprint density at radius 3 is 2.06 bits per heavy atom. The second kappa shape index (κ2) is 8.93. The van der Waals surface area contributed by atoms with Crippen molar-refractivity contribution in [2.24, 2.45) is 0 Å². The zero-order chi connectivity index (χ0) is 23.5. The summed E-state index contributed by atoms with van der Waals surface area (Å²) in [7, 11) is -8.26. The Bertz CT molecular complexity index is 1530. The third-order valence-electron chi connectivity index (χ3n) is 4.69. The van der Waals surface area contributed by atoms with E-state index >= 15 is 0 Å². The van der Waals surface area contributed by atoms with Crippen LogP contribution in [-0.2, 0) is 20.0 Å². The molecule has 3 N–H and O–H groups in total. The molecule has 4 aromatic rings. The highest BCUT2D eigenvalue weighted by molar-refractivity contribution is 7.93. The van der Waals surface area contributed by atoms with Crippen LogP contribution in [0.1, 0.15) is 0 Å². The van der Waals surface area contributed by atoms with Crippen LogP contribution in [0.4, 0.5) is 16.2 Å². The van der Waals surface area contributed by atoms with E-state index in [0.717, 1.165) is 11.5 Å². The maximum absolute atomic E-state index is 13.0. The number of carbonyl (C=O) groups excluding carboxylic acids is 1. The second-order valence-electron chi connectivity index (χ2n) is 7.04. The molecule has 0 radical (unpaired) electrons. The summed E-state index contributed by atoms with van der Waals surface area (Å²) in [5.74, 6) is 0. The number of para-hydroxylation sites is 1. The molecule has 8 nitrogen and oxygen atoms in total. The molecule has 2 amide bonds.